The van der Waals surface area contributed by atoms with Gasteiger partial charge in [-0.25, -0.2) is 4.39 Å². The van der Waals surface area contributed by atoms with Crippen molar-refractivity contribution in [3.05, 3.63) is 76.7 Å². The van der Waals surface area contributed by atoms with E-state index in [0.717, 1.165) is 17.1 Å². The highest BCUT2D eigenvalue weighted by molar-refractivity contribution is 7.10. The minimum Gasteiger partial charge on any atom is -0.488 e. The van der Waals surface area contributed by atoms with Crippen molar-refractivity contribution in [2.75, 3.05) is 11.9 Å². The molecule has 1 atom stereocenters. The summed E-state index contributed by atoms with van der Waals surface area (Å²) in [6.07, 6.45) is 0. The number of halogens is 2. The smallest absolute Gasteiger partial charge is 0.165 e. The summed E-state index contributed by atoms with van der Waals surface area (Å²) in [6, 6.07) is 17.5. The molecule has 126 valence electrons. The summed E-state index contributed by atoms with van der Waals surface area (Å²) in [4.78, 5) is 0. The van der Waals surface area contributed by atoms with E-state index in [0.29, 0.717) is 10.6 Å². The fourth-order valence-electron chi connectivity index (χ4n) is 2.27. The van der Waals surface area contributed by atoms with Crippen molar-refractivity contribution in [1.82, 2.24) is 4.37 Å². The Morgan fingerprint density at radius 1 is 1.20 bits per heavy atom. The van der Waals surface area contributed by atoms with Crippen LogP contribution in [0.25, 0.3) is 0 Å². The molecule has 4 nitrogen and oxygen atoms in total. The Bertz CT molecular complexity index is 895. The minimum atomic E-state index is -0.423. The summed E-state index contributed by atoms with van der Waals surface area (Å²) in [6.45, 7) is 0.172. The van der Waals surface area contributed by atoms with Crippen molar-refractivity contribution >= 4 is 28.1 Å². The third kappa shape index (κ3) is 4.08. The summed E-state index contributed by atoms with van der Waals surface area (Å²) in [7, 11) is 0. The number of rotatable bonds is 6. The van der Waals surface area contributed by atoms with Gasteiger partial charge in [-0.15, -0.1) is 0 Å². The lowest BCUT2D eigenvalue weighted by atomic mass is 10.1. The molecule has 0 aliphatic carbocycles. The number of para-hydroxylation sites is 1. The van der Waals surface area contributed by atoms with Crippen LogP contribution >= 0.6 is 23.1 Å². The number of ether oxygens (including phenoxy) is 1. The first-order chi connectivity index (χ1) is 12.2. The standard InChI is InChI=1S/C18H13ClFN3OS/c19-17-13(10-21)18(25-23-17)22-15(12-6-2-1-3-7-12)11-24-16-9-5-4-8-14(16)20/h1-9,15,22H,11H2. The highest BCUT2D eigenvalue weighted by atomic mass is 35.5. The van der Waals surface area contributed by atoms with E-state index in [9.17, 15) is 9.65 Å². The van der Waals surface area contributed by atoms with Crippen molar-refractivity contribution in [2.45, 2.75) is 6.04 Å². The molecule has 0 saturated carbocycles. The van der Waals surface area contributed by atoms with E-state index in [4.69, 9.17) is 16.3 Å². The maximum atomic E-state index is 13.8. The first-order valence-corrected chi connectivity index (χ1v) is 8.58. The average molecular weight is 374 g/mol. The summed E-state index contributed by atoms with van der Waals surface area (Å²) in [5.41, 5.74) is 1.23. The second-order valence-electron chi connectivity index (χ2n) is 5.14. The molecule has 3 rings (SSSR count). The van der Waals surface area contributed by atoms with Crippen LogP contribution in [0, 0.1) is 17.1 Å². The van der Waals surface area contributed by atoms with Gasteiger partial charge < -0.3 is 10.1 Å². The molecule has 1 unspecified atom stereocenters. The van der Waals surface area contributed by atoms with Gasteiger partial charge in [0.15, 0.2) is 16.7 Å². The lowest BCUT2D eigenvalue weighted by Crippen LogP contribution is -2.19. The number of benzene rings is 2. The van der Waals surface area contributed by atoms with Crippen LogP contribution in [-0.4, -0.2) is 11.0 Å². The SMILES string of the molecule is N#Cc1c(Cl)nsc1NC(COc1ccccc1F)c1ccccc1. The summed E-state index contributed by atoms with van der Waals surface area (Å²) in [5, 5.41) is 13.2. The lowest BCUT2D eigenvalue weighted by Gasteiger charge is -2.20. The van der Waals surface area contributed by atoms with Crippen LogP contribution in [0.2, 0.25) is 5.15 Å². The summed E-state index contributed by atoms with van der Waals surface area (Å²) >= 11 is 7.03. The zero-order chi connectivity index (χ0) is 17.6. The second kappa shape index (κ2) is 7.97. The van der Waals surface area contributed by atoms with Crippen LogP contribution in [0.15, 0.2) is 54.6 Å². The maximum absolute atomic E-state index is 13.8. The van der Waals surface area contributed by atoms with Gasteiger partial charge in [-0.1, -0.05) is 54.1 Å². The molecule has 25 heavy (non-hydrogen) atoms. The molecule has 0 aliphatic rings. The second-order valence-corrected chi connectivity index (χ2v) is 6.27. The van der Waals surface area contributed by atoms with Crippen molar-refractivity contribution < 1.29 is 9.13 Å². The first-order valence-electron chi connectivity index (χ1n) is 7.43. The van der Waals surface area contributed by atoms with E-state index in [1.165, 1.54) is 6.07 Å². The van der Waals surface area contributed by atoms with Crippen LogP contribution in [0.1, 0.15) is 17.2 Å². The van der Waals surface area contributed by atoms with Gasteiger partial charge in [0.25, 0.3) is 0 Å². The predicted octanol–water partition coefficient (Wildman–Crippen LogP) is 5.04. The van der Waals surface area contributed by atoms with Crippen molar-refractivity contribution in [1.29, 1.82) is 5.26 Å². The molecule has 3 aromatic rings. The van der Waals surface area contributed by atoms with Crippen LogP contribution < -0.4 is 10.1 Å². The van der Waals surface area contributed by atoms with Gasteiger partial charge in [0.2, 0.25) is 0 Å². The number of nitrogens with one attached hydrogen (secondary N) is 1. The van der Waals surface area contributed by atoms with Crippen LogP contribution in [0.4, 0.5) is 9.39 Å². The van der Waals surface area contributed by atoms with E-state index in [1.54, 1.807) is 18.2 Å². The van der Waals surface area contributed by atoms with Gasteiger partial charge in [0.05, 0.1) is 6.04 Å². The van der Waals surface area contributed by atoms with Crippen molar-refractivity contribution in [3.63, 3.8) is 0 Å². The highest BCUT2D eigenvalue weighted by Gasteiger charge is 2.19. The molecule has 0 amide bonds. The molecule has 1 aromatic heterocycles. The number of nitriles is 1. The quantitative estimate of drug-likeness (QED) is 0.657. The Kier molecular flexibility index (Phi) is 5.49. The molecule has 0 aliphatic heterocycles. The van der Waals surface area contributed by atoms with Crippen LogP contribution in [0.5, 0.6) is 5.75 Å². The normalized spacial score (nSPS) is 11.6. The Labute approximate surface area is 153 Å². The third-order valence-corrected chi connectivity index (χ3v) is 4.66. The molecule has 0 saturated heterocycles. The molecular weight excluding hydrogens is 361 g/mol. The van der Waals surface area contributed by atoms with E-state index < -0.39 is 5.82 Å². The Morgan fingerprint density at radius 3 is 2.64 bits per heavy atom. The number of nitrogens with zero attached hydrogens (tertiary/aromatic N) is 2. The largest absolute Gasteiger partial charge is 0.488 e. The van der Waals surface area contributed by atoms with Crippen molar-refractivity contribution in [3.8, 4) is 11.8 Å². The number of hydrogen-bond donors (Lipinski definition) is 1. The van der Waals surface area contributed by atoms with Crippen LogP contribution in [0.3, 0.4) is 0 Å². The van der Waals surface area contributed by atoms with Gasteiger partial charge in [0.1, 0.15) is 23.2 Å². The molecule has 7 heteroatoms. The Hall–Kier alpha value is -2.62. The van der Waals surface area contributed by atoms with Gasteiger partial charge in [-0.3, -0.25) is 0 Å². The Balaban J connectivity index is 1.83. The molecular formula is C18H13ClFN3OS. The zero-order valence-electron chi connectivity index (χ0n) is 12.9. The van der Waals surface area contributed by atoms with Crippen LogP contribution in [-0.2, 0) is 0 Å². The highest BCUT2D eigenvalue weighted by Crippen LogP contribution is 2.31. The predicted molar refractivity (Wildman–Crippen MR) is 96.5 cm³/mol. The molecule has 1 N–H and O–H groups in total. The average Bonchev–Trinajstić information content (AvgIpc) is 3.00. The summed E-state index contributed by atoms with van der Waals surface area (Å²) < 4.78 is 23.4. The molecule has 2 aromatic carbocycles. The monoisotopic (exact) mass is 373 g/mol. The molecule has 1 heterocycles. The van der Waals surface area contributed by atoms with Gasteiger partial charge >= 0.3 is 0 Å². The van der Waals surface area contributed by atoms with Crippen molar-refractivity contribution in [2.24, 2.45) is 0 Å². The van der Waals surface area contributed by atoms with Gasteiger partial charge in [0, 0.05) is 0 Å². The number of aromatic nitrogens is 1. The van der Waals surface area contributed by atoms with E-state index in [-0.39, 0.29) is 23.6 Å². The number of hydrogen-bond acceptors (Lipinski definition) is 5. The molecule has 0 spiro atoms. The number of anilines is 1. The van der Waals surface area contributed by atoms with Gasteiger partial charge in [-0.2, -0.15) is 9.64 Å². The van der Waals surface area contributed by atoms with E-state index in [1.807, 2.05) is 36.4 Å². The fraction of sp³-hybridized carbons (Fsp3) is 0.111. The molecule has 0 fully saturated rings. The van der Waals surface area contributed by atoms with E-state index in [2.05, 4.69) is 9.69 Å². The fourth-order valence-corrected chi connectivity index (χ4v) is 3.25. The maximum Gasteiger partial charge on any atom is 0.165 e. The summed E-state index contributed by atoms with van der Waals surface area (Å²) in [5.74, 6) is -0.249. The van der Waals surface area contributed by atoms with Gasteiger partial charge in [-0.05, 0) is 29.2 Å². The van der Waals surface area contributed by atoms with E-state index >= 15 is 0 Å². The first kappa shape index (κ1) is 17.2. The minimum absolute atomic E-state index is 0.164. The topological polar surface area (TPSA) is 57.9 Å². The third-order valence-electron chi connectivity index (χ3n) is 3.51. The zero-order valence-corrected chi connectivity index (χ0v) is 14.5. The molecule has 0 bridgehead atoms. The molecule has 0 radical (unpaired) electrons. The lowest BCUT2D eigenvalue weighted by molar-refractivity contribution is 0.285. The Morgan fingerprint density at radius 2 is 1.92 bits per heavy atom.